The summed E-state index contributed by atoms with van der Waals surface area (Å²) in [6, 6.07) is 13.7. The molecule has 0 saturated heterocycles. The molecule has 1 N–H and O–H groups in total. The lowest BCUT2D eigenvalue weighted by molar-refractivity contribution is -0.00953. The van der Waals surface area contributed by atoms with E-state index in [0.29, 0.717) is 18.8 Å². The molecule has 1 aliphatic heterocycles. The number of hydrogen-bond acceptors (Lipinski definition) is 3. The molecule has 2 aromatic rings. The van der Waals surface area contributed by atoms with E-state index in [1.54, 1.807) is 0 Å². The Morgan fingerprint density at radius 2 is 1.71 bits per heavy atom. The molecule has 2 unspecified atom stereocenters. The number of benzene rings is 2. The van der Waals surface area contributed by atoms with Crippen molar-refractivity contribution in [3.05, 3.63) is 59.2 Å². The van der Waals surface area contributed by atoms with Crippen LogP contribution in [0, 0.1) is 13.8 Å². The molecule has 3 rings (SSSR count). The van der Waals surface area contributed by atoms with Gasteiger partial charge in [0.25, 0.3) is 0 Å². The van der Waals surface area contributed by atoms with Gasteiger partial charge in [-0.05, 0) is 42.7 Å². The lowest BCUT2D eigenvalue weighted by atomic mass is 9.95. The van der Waals surface area contributed by atoms with E-state index in [9.17, 15) is 5.11 Å². The first kappa shape index (κ1) is 14.0. The molecule has 0 saturated carbocycles. The summed E-state index contributed by atoms with van der Waals surface area (Å²) in [7, 11) is 0. The molecule has 1 heterocycles. The van der Waals surface area contributed by atoms with Crippen LogP contribution in [0.15, 0.2) is 42.5 Å². The third-order valence-corrected chi connectivity index (χ3v) is 4.02. The van der Waals surface area contributed by atoms with Gasteiger partial charge in [-0.1, -0.05) is 30.3 Å². The first-order chi connectivity index (χ1) is 10.1. The van der Waals surface area contributed by atoms with Crippen LogP contribution in [-0.2, 0) is 6.42 Å². The summed E-state index contributed by atoms with van der Waals surface area (Å²) in [5, 5.41) is 10.5. The quantitative estimate of drug-likeness (QED) is 0.941. The van der Waals surface area contributed by atoms with Gasteiger partial charge in [-0.3, -0.25) is 0 Å². The van der Waals surface area contributed by atoms with Crippen molar-refractivity contribution in [3.63, 3.8) is 0 Å². The van der Waals surface area contributed by atoms with Crippen LogP contribution in [-0.4, -0.2) is 23.9 Å². The van der Waals surface area contributed by atoms with E-state index in [-0.39, 0.29) is 6.10 Å². The minimum atomic E-state index is -0.585. The van der Waals surface area contributed by atoms with E-state index in [1.165, 1.54) is 16.7 Å². The lowest BCUT2D eigenvalue weighted by Gasteiger charge is -2.30. The van der Waals surface area contributed by atoms with Crippen molar-refractivity contribution in [2.75, 3.05) is 6.61 Å². The van der Waals surface area contributed by atoms with Crippen LogP contribution in [0.25, 0.3) is 0 Å². The minimum absolute atomic E-state index is 0.334. The molecule has 2 aromatic carbocycles. The normalized spacial score (nSPS) is 18.3. The molecule has 0 spiro atoms. The number of aliphatic hydroxyl groups is 1. The number of hydrogen-bond donors (Lipinski definition) is 1. The summed E-state index contributed by atoms with van der Waals surface area (Å²) < 4.78 is 11.5. The highest BCUT2D eigenvalue weighted by molar-refractivity contribution is 5.41. The molecule has 0 radical (unpaired) electrons. The maximum atomic E-state index is 10.5. The van der Waals surface area contributed by atoms with Gasteiger partial charge in [0.2, 0.25) is 0 Å². The van der Waals surface area contributed by atoms with Gasteiger partial charge >= 0.3 is 0 Å². The number of para-hydroxylation sites is 2. The molecular formula is C18H20O3. The molecule has 0 fully saturated rings. The Hall–Kier alpha value is -2.00. The van der Waals surface area contributed by atoms with Crippen LogP contribution in [0.2, 0.25) is 0 Å². The molecule has 21 heavy (non-hydrogen) atoms. The second kappa shape index (κ2) is 5.78. The fourth-order valence-electron chi connectivity index (χ4n) is 2.74. The maximum Gasteiger partial charge on any atom is 0.161 e. The fourth-order valence-corrected chi connectivity index (χ4v) is 2.74. The van der Waals surface area contributed by atoms with Gasteiger partial charge in [-0.15, -0.1) is 0 Å². The average molecular weight is 284 g/mol. The van der Waals surface area contributed by atoms with E-state index in [2.05, 4.69) is 26.0 Å². The number of fused-ring (bicyclic) bond motifs is 1. The van der Waals surface area contributed by atoms with Gasteiger partial charge in [-0.25, -0.2) is 0 Å². The molecule has 3 nitrogen and oxygen atoms in total. The highest BCUT2D eigenvalue weighted by atomic mass is 16.6. The zero-order valence-electron chi connectivity index (χ0n) is 12.4. The van der Waals surface area contributed by atoms with Gasteiger partial charge < -0.3 is 14.6 Å². The van der Waals surface area contributed by atoms with Crippen LogP contribution in [0.4, 0.5) is 0 Å². The van der Waals surface area contributed by atoms with Gasteiger partial charge in [-0.2, -0.15) is 0 Å². The van der Waals surface area contributed by atoms with Crippen LogP contribution >= 0.6 is 0 Å². The number of aryl methyl sites for hydroxylation is 2. The zero-order valence-corrected chi connectivity index (χ0v) is 12.4. The first-order valence-electron chi connectivity index (χ1n) is 7.27. The highest BCUT2D eigenvalue weighted by Gasteiger charge is 2.28. The standard InChI is InChI=1S/C18H20O3/c1-12-6-5-7-13(2)14(12)10-15(19)18-11-20-16-8-3-4-9-17(16)21-18/h3-9,15,18-19H,10-11H2,1-2H3. The van der Waals surface area contributed by atoms with Crippen LogP contribution in [0.1, 0.15) is 16.7 Å². The monoisotopic (exact) mass is 284 g/mol. The van der Waals surface area contributed by atoms with Crippen molar-refractivity contribution in [2.45, 2.75) is 32.5 Å². The Morgan fingerprint density at radius 3 is 2.43 bits per heavy atom. The maximum absolute atomic E-state index is 10.5. The topological polar surface area (TPSA) is 38.7 Å². The second-order valence-electron chi connectivity index (χ2n) is 5.56. The van der Waals surface area contributed by atoms with Crippen molar-refractivity contribution in [3.8, 4) is 11.5 Å². The summed E-state index contributed by atoms with van der Waals surface area (Å²) in [6.07, 6.45) is -0.341. The second-order valence-corrected chi connectivity index (χ2v) is 5.56. The Balaban J connectivity index is 1.74. The van der Waals surface area contributed by atoms with Gasteiger partial charge in [0.05, 0.1) is 6.10 Å². The minimum Gasteiger partial charge on any atom is -0.486 e. The molecule has 2 atom stereocenters. The Labute approximate surface area is 125 Å². The molecule has 0 amide bonds. The number of ether oxygens (including phenoxy) is 2. The van der Waals surface area contributed by atoms with Crippen molar-refractivity contribution < 1.29 is 14.6 Å². The summed E-state index contributed by atoms with van der Waals surface area (Å²) in [4.78, 5) is 0. The largest absolute Gasteiger partial charge is 0.486 e. The zero-order chi connectivity index (χ0) is 14.8. The Morgan fingerprint density at radius 1 is 1.05 bits per heavy atom. The van der Waals surface area contributed by atoms with Gasteiger partial charge in [0.1, 0.15) is 6.61 Å². The van der Waals surface area contributed by atoms with E-state index in [0.717, 1.165) is 5.75 Å². The van der Waals surface area contributed by atoms with Crippen molar-refractivity contribution in [2.24, 2.45) is 0 Å². The predicted octanol–water partition coefficient (Wildman–Crippen LogP) is 3.05. The third-order valence-electron chi connectivity index (χ3n) is 4.02. The average Bonchev–Trinajstić information content (AvgIpc) is 2.50. The van der Waals surface area contributed by atoms with E-state index < -0.39 is 6.10 Å². The van der Waals surface area contributed by atoms with E-state index in [1.807, 2.05) is 30.3 Å². The molecule has 1 aliphatic rings. The van der Waals surface area contributed by atoms with Crippen molar-refractivity contribution >= 4 is 0 Å². The summed E-state index contributed by atoms with van der Waals surface area (Å²) >= 11 is 0. The SMILES string of the molecule is Cc1cccc(C)c1CC(O)C1COc2ccccc2O1. The molecular weight excluding hydrogens is 264 g/mol. The molecule has 110 valence electrons. The molecule has 0 aromatic heterocycles. The van der Waals surface area contributed by atoms with E-state index >= 15 is 0 Å². The number of rotatable bonds is 3. The van der Waals surface area contributed by atoms with E-state index in [4.69, 9.17) is 9.47 Å². The summed E-state index contributed by atoms with van der Waals surface area (Å²) in [6.45, 7) is 4.52. The predicted molar refractivity (Wildman–Crippen MR) is 82.0 cm³/mol. The highest BCUT2D eigenvalue weighted by Crippen LogP contribution is 2.32. The van der Waals surface area contributed by atoms with Crippen LogP contribution < -0.4 is 9.47 Å². The molecule has 0 aliphatic carbocycles. The van der Waals surface area contributed by atoms with Gasteiger partial charge in [0, 0.05) is 6.42 Å². The third kappa shape index (κ3) is 2.88. The smallest absolute Gasteiger partial charge is 0.161 e. The Bertz CT molecular complexity index is 616. The summed E-state index contributed by atoms with van der Waals surface area (Å²) in [5.41, 5.74) is 3.59. The first-order valence-corrected chi connectivity index (χ1v) is 7.27. The number of aliphatic hydroxyl groups excluding tert-OH is 1. The summed E-state index contributed by atoms with van der Waals surface area (Å²) in [5.74, 6) is 1.45. The fraction of sp³-hybridized carbons (Fsp3) is 0.333. The van der Waals surface area contributed by atoms with Crippen molar-refractivity contribution in [1.29, 1.82) is 0 Å². The molecule has 3 heteroatoms. The van der Waals surface area contributed by atoms with Crippen molar-refractivity contribution in [1.82, 2.24) is 0 Å². The van der Waals surface area contributed by atoms with Crippen LogP contribution in [0.3, 0.4) is 0 Å². The lowest BCUT2D eigenvalue weighted by Crippen LogP contribution is -2.41. The van der Waals surface area contributed by atoms with Gasteiger partial charge in [0.15, 0.2) is 17.6 Å². The molecule has 0 bridgehead atoms. The Kier molecular flexibility index (Phi) is 3.84. The van der Waals surface area contributed by atoms with Crippen LogP contribution in [0.5, 0.6) is 11.5 Å².